The van der Waals surface area contributed by atoms with E-state index in [0.29, 0.717) is 11.8 Å². The number of fused-ring (bicyclic) bond motifs is 1. The number of halogens is 1. The van der Waals surface area contributed by atoms with Crippen molar-refractivity contribution in [3.05, 3.63) is 28.0 Å². The van der Waals surface area contributed by atoms with Crippen molar-refractivity contribution >= 4 is 24.0 Å². The number of hydrogen-bond donors (Lipinski definition) is 0. The lowest BCUT2D eigenvalue weighted by molar-refractivity contribution is -0.112. The summed E-state index contributed by atoms with van der Waals surface area (Å²) in [5, 5.41) is 0.276. The summed E-state index contributed by atoms with van der Waals surface area (Å²) in [5.41, 5.74) is 2.03. The van der Waals surface area contributed by atoms with Gasteiger partial charge in [0.2, 0.25) is 0 Å². The summed E-state index contributed by atoms with van der Waals surface area (Å²) in [7, 11) is 1.53. The van der Waals surface area contributed by atoms with Crippen molar-refractivity contribution in [1.29, 1.82) is 0 Å². The molecule has 5 nitrogen and oxygen atoms in total. The minimum absolute atomic E-state index is 0.276. The van der Waals surface area contributed by atoms with Crippen LogP contribution in [0, 0.1) is 0 Å². The maximum Gasteiger partial charge on any atom is 0.410 e. The lowest BCUT2D eigenvalue weighted by Crippen LogP contribution is -2.37. The summed E-state index contributed by atoms with van der Waals surface area (Å²) >= 11 is 6.27. The molecule has 0 saturated heterocycles. The van der Waals surface area contributed by atoms with Crippen LogP contribution in [0.1, 0.15) is 56.5 Å². The highest BCUT2D eigenvalue weighted by Gasteiger charge is 2.29. The molecule has 0 N–H and O–H groups in total. The van der Waals surface area contributed by atoms with E-state index in [1.165, 1.54) is 11.9 Å². The molecule has 1 heterocycles. The van der Waals surface area contributed by atoms with Gasteiger partial charge in [-0.1, -0.05) is 11.6 Å². The lowest BCUT2D eigenvalue weighted by atomic mass is 9.94. The van der Waals surface area contributed by atoms with Gasteiger partial charge in [-0.05, 0) is 58.1 Å². The third-order valence-corrected chi connectivity index (χ3v) is 4.13. The van der Waals surface area contributed by atoms with Crippen LogP contribution >= 0.6 is 11.6 Å². The number of rotatable bonds is 3. The van der Waals surface area contributed by atoms with Crippen molar-refractivity contribution in [3.8, 4) is 0 Å². The van der Waals surface area contributed by atoms with E-state index in [0.717, 1.165) is 36.9 Å². The number of likely N-dealkylation sites (N-methyl/N-ethyl adjacent to an activating group) is 1. The maximum absolute atomic E-state index is 12.2. The minimum Gasteiger partial charge on any atom is -0.444 e. The SMILES string of the molecule is CN(C(=O)OC(C)(C)C)C(C=O)c1cc2c(nc1Cl)CCCC2. The fourth-order valence-electron chi connectivity index (χ4n) is 2.65. The number of pyridine rings is 1. The van der Waals surface area contributed by atoms with Crippen molar-refractivity contribution < 1.29 is 14.3 Å². The van der Waals surface area contributed by atoms with Crippen molar-refractivity contribution in [2.75, 3.05) is 7.05 Å². The van der Waals surface area contributed by atoms with Crippen LogP contribution in [0.5, 0.6) is 0 Å². The summed E-state index contributed by atoms with van der Waals surface area (Å²) in [5.74, 6) is 0. The average molecular weight is 339 g/mol. The Kier molecular flexibility index (Phi) is 5.30. The Balaban J connectivity index is 2.30. The van der Waals surface area contributed by atoms with Gasteiger partial charge in [0.05, 0.1) is 0 Å². The lowest BCUT2D eigenvalue weighted by Gasteiger charge is -2.29. The van der Waals surface area contributed by atoms with Gasteiger partial charge in [-0.15, -0.1) is 0 Å². The van der Waals surface area contributed by atoms with Crippen LogP contribution in [-0.4, -0.2) is 34.9 Å². The Morgan fingerprint density at radius 1 is 1.39 bits per heavy atom. The van der Waals surface area contributed by atoms with E-state index in [2.05, 4.69) is 4.98 Å². The molecule has 1 aliphatic carbocycles. The van der Waals surface area contributed by atoms with Crippen molar-refractivity contribution in [2.24, 2.45) is 0 Å². The van der Waals surface area contributed by atoms with Crippen LogP contribution in [0.15, 0.2) is 6.07 Å². The van der Waals surface area contributed by atoms with E-state index in [9.17, 15) is 9.59 Å². The molecule has 0 fully saturated rings. The van der Waals surface area contributed by atoms with Crippen molar-refractivity contribution in [2.45, 2.75) is 58.1 Å². The largest absolute Gasteiger partial charge is 0.444 e. The first-order valence-corrected chi connectivity index (χ1v) is 8.20. The molecule has 2 rings (SSSR count). The number of carbonyl (C=O) groups is 2. The molecule has 1 unspecified atom stereocenters. The molecular weight excluding hydrogens is 316 g/mol. The number of aldehydes is 1. The highest BCUT2D eigenvalue weighted by atomic mass is 35.5. The van der Waals surface area contributed by atoms with E-state index in [-0.39, 0.29) is 5.15 Å². The fourth-order valence-corrected chi connectivity index (χ4v) is 2.92. The topological polar surface area (TPSA) is 59.5 Å². The highest BCUT2D eigenvalue weighted by molar-refractivity contribution is 6.30. The number of nitrogens with zero attached hydrogens (tertiary/aromatic N) is 2. The van der Waals surface area contributed by atoms with E-state index in [1.807, 2.05) is 6.07 Å². The first kappa shape index (κ1) is 17.7. The number of carbonyl (C=O) groups excluding carboxylic acids is 2. The maximum atomic E-state index is 12.2. The fraction of sp³-hybridized carbons (Fsp3) is 0.588. The molecule has 0 aromatic carbocycles. The van der Waals surface area contributed by atoms with Gasteiger partial charge in [-0.2, -0.15) is 0 Å². The Hall–Kier alpha value is -1.62. The monoisotopic (exact) mass is 338 g/mol. The highest BCUT2D eigenvalue weighted by Crippen LogP contribution is 2.30. The normalized spacial score (nSPS) is 15.5. The molecule has 0 spiro atoms. The van der Waals surface area contributed by atoms with Crippen LogP contribution in [-0.2, 0) is 22.4 Å². The standard InChI is InChI=1S/C17H23ClN2O3/c1-17(2,3)23-16(22)20(4)14(10-21)12-9-11-7-5-6-8-13(11)19-15(12)18/h9-10,14H,5-8H2,1-4H3. The Morgan fingerprint density at radius 2 is 2.04 bits per heavy atom. The molecule has 0 saturated carbocycles. The second kappa shape index (κ2) is 6.87. The molecule has 1 aromatic rings. The molecule has 0 aliphatic heterocycles. The van der Waals surface area contributed by atoms with Gasteiger partial charge >= 0.3 is 6.09 Å². The Morgan fingerprint density at radius 3 is 2.65 bits per heavy atom. The summed E-state index contributed by atoms with van der Waals surface area (Å²) in [4.78, 5) is 29.5. The molecule has 1 aromatic heterocycles. The number of amides is 1. The third-order valence-electron chi connectivity index (χ3n) is 3.83. The van der Waals surface area contributed by atoms with Gasteiger partial charge in [0, 0.05) is 18.3 Å². The molecule has 0 bridgehead atoms. The van der Waals surface area contributed by atoms with Crippen LogP contribution in [0.2, 0.25) is 5.15 Å². The van der Waals surface area contributed by atoms with Gasteiger partial charge in [0.1, 0.15) is 23.1 Å². The van der Waals surface area contributed by atoms with E-state index >= 15 is 0 Å². The molecule has 0 radical (unpaired) electrons. The minimum atomic E-state index is -0.808. The summed E-state index contributed by atoms with van der Waals surface area (Å²) < 4.78 is 5.32. The predicted octanol–water partition coefficient (Wildman–Crippen LogP) is 3.72. The number of aromatic nitrogens is 1. The first-order chi connectivity index (χ1) is 10.7. The molecule has 23 heavy (non-hydrogen) atoms. The quantitative estimate of drug-likeness (QED) is 0.622. The molecule has 1 amide bonds. The molecule has 6 heteroatoms. The Bertz CT molecular complexity index is 611. The summed E-state index contributed by atoms with van der Waals surface area (Å²) in [6, 6.07) is 1.10. The predicted molar refractivity (Wildman–Crippen MR) is 88.7 cm³/mol. The molecular formula is C17H23ClN2O3. The molecule has 126 valence electrons. The first-order valence-electron chi connectivity index (χ1n) is 7.82. The molecule has 1 aliphatic rings. The second-order valence-electron chi connectivity index (χ2n) is 6.85. The zero-order chi connectivity index (χ0) is 17.2. The van der Waals surface area contributed by atoms with Crippen LogP contribution in [0.4, 0.5) is 4.79 Å². The molecule has 1 atom stereocenters. The van der Waals surface area contributed by atoms with Gasteiger partial charge in [-0.25, -0.2) is 9.78 Å². The smallest absolute Gasteiger partial charge is 0.410 e. The van der Waals surface area contributed by atoms with Crippen molar-refractivity contribution in [3.63, 3.8) is 0 Å². The van der Waals surface area contributed by atoms with Gasteiger partial charge in [0.15, 0.2) is 0 Å². The van der Waals surface area contributed by atoms with E-state index < -0.39 is 17.7 Å². The zero-order valence-electron chi connectivity index (χ0n) is 14.1. The van der Waals surface area contributed by atoms with Crippen LogP contribution in [0.3, 0.4) is 0 Å². The van der Waals surface area contributed by atoms with Gasteiger partial charge in [-0.3, -0.25) is 4.90 Å². The van der Waals surface area contributed by atoms with Crippen molar-refractivity contribution in [1.82, 2.24) is 9.88 Å². The number of aryl methyl sites for hydroxylation is 2. The summed E-state index contributed by atoms with van der Waals surface area (Å²) in [6.45, 7) is 5.34. The van der Waals surface area contributed by atoms with Crippen LogP contribution < -0.4 is 0 Å². The van der Waals surface area contributed by atoms with Crippen LogP contribution in [0.25, 0.3) is 0 Å². The summed E-state index contributed by atoms with van der Waals surface area (Å²) in [6.07, 6.45) is 4.16. The zero-order valence-corrected chi connectivity index (χ0v) is 14.8. The van der Waals surface area contributed by atoms with E-state index in [4.69, 9.17) is 16.3 Å². The van der Waals surface area contributed by atoms with E-state index in [1.54, 1.807) is 20.8 Å². The Labute approximate surface area is 142 Å². The number of ether oxygens (including phenoxy) is 1. The third kappa shape index (κ3) is 4.22. The number of hydrogen-bond acceptors (Lipinski definition) is 4. The average Bonchev–Trinajstić information content (AvgIpc) is 2.46. The second-order valence-corrected chi connectivity index (χ2v) is 7.21. The van der Waals surface area contributed by atoms with Gasteiger partial charge in [0.25, 0.3) is 0 Å². The van der Waals surface area contributed by atoms with Gasteiger partial charge < -0.3 is 9.53 Å².